The normalized spacial score (nSPS) is 12.7. The van der Waals surface area contributed by atoms with Gasteiger partial charge in [0.2, 0.25) is 0 Å². The zero-order chi connectivity index (χ0) is 26.8. The smallest absolute Gasteiger partial charge is 0.416 e. The van der Waals surface area contributed by atoms with Crippen molar-refractivity contribution in [2.24, 2.45) is 0 Å². The van der Waals surface area contributed by atoms with Gasteiger partial charge in [0.1, 0.15) is 5.75 Å². The van der Waals surface area contributed by atoms with Gasteiger partial charge in [-0.05, 0) is 52.8 Å². The fraction of sp³-hybridized carbons (Fsp3) is 0.148. The third-order valence-corrected chi connectivity index (χ3v) is 5.91. The maximum atomic E-state index is 13.3. The summed E-state index contributed by atoms with van der Waals surface area (Å²) >= 11 is 5.36. The number of hydrogen-bond acceptors (Lipinski definition) is 2. The number of alkyl halides is 6. The molecule has 0 bridgehead atoms. The fourth-order valence-electron chi connectivity index (χ4n) is 4.04. The lowest BCUT2D eigenvalue weighted by molar-refractivity contribution is -0.143. The van der Waals surface area contributed by atoms with Crippen LogP contribution < -0.4 is 15.4 Å². The summed E-state index contributed by atoms with van der Waals surface area (Å²) in [5.41, 5.74) is -1.88. The number of anilines is 1. The highest BCUT2D eigenvalue weighted by atomic mass is 32.1. The van der Waals surface area contributed by atoms with E-state index in [2.05, 4.69) is 10.6 Å². The molecule has 0 spiro atoms. The molecule has 4 aromatic rings. The van der Waals surface area contributed by atoms with Crippen molar-refractivity contribution in [1.82, 2.24) is 5.32 Å². The van der Waals surface area contributed by atoms with E-state index in [1.54, 1.807) is 18.2 Å². The fourth-order valence-corrected chi connectivity index (χ4v) is 4.28. The van der Waals surface area contributed by atoms with Gasteiger partial charge >= 0.3 is 12.4 Å². The summed E-state index contributed by atoms with van der Waals surface area (Å²) in [7, 11) is 1.51. The molecule has 2 N–H and O–H groups in total. The molecular formula is C27H20F6N2OS. The van der Waals surface area contributed by atoms with E-state index in [9.17, 15) is 26.3 Å². The summed E-state index contributed by atoms with van der Waals surface area (Å²) in [6.07, 6.45) is -9.95. The van der Waals surface area contributed by atoms with Crippen molar-refractivity contribution >= 4 is 33.8 Å². The lowest BCUT2D eigenvalue weighted by Gasteiger charge is -2.25. The Kier molecular flexibility index (Phi) is 7.31. The predicted molar refractivity (Wildman–Crippen MR) is 135 cm³/mol. The maximum Gasteiger partial charge on any atom is 0.416 e. The molecule has 0 aliphatic rings. The number of hydrogen-bond donors (Lipinski definition) is 2. The van der Waals surface area contributed by atoms with Crippen molar-refractivity contribution in [2.45, 2.75) is 18.4 Å². The van der Waals surface area contributed by atoms with Crippen molar-refractivity contribution < 1.29 is 31.1 Å². The number of fused-ring (bicyclic) bond motifs is 1. The van der Waals surface area contributed by atoms with Gasteiger partial charge in [-0.25, -0.2) is 0 Å². The first kappa shape index (κ1) is 26.3. The second-order valence-electron chi connectivity index (χ2n) is 8.14. The van der Waals surface area contributed by atoms with Crippen LogP contribution in [0, 0.1) is 0 Å². The first-order valence-electron chi connectivity index (χ1n) is 10.9. The Labute approximate surface area is 214 Å². The van der Waals surface area contributed by atoms with Crippen molar-refractivity contribution in [3.63, 3.8) is 0 Å². The third-order valence-electron chi connectivity index (χ3n) is 5.69. The molecule has 0 aromatic heterocycles. The zero-order valence-electron chi connectivity index (χ0n) is 19.2. The van der Waals surface area contributed by atoms with Crippen LogP contribution in [0.3, 0.4) is 0 Å². The van der Waals surface area contributed by atoms with Crippen LogP contribution in [0.25, 0.3) is 10.8 Å². The van der Waals surface area contributed by atoms with Gasteiger partial charge in [-0.1, -0.05) is 60.7 Å². The average Bonchev–Trinajstić information content (AvgIpc) is 2.86. The number of rotatable bonds is 5. The van der Waals surface area contributed by atoms with Gasteiger partial charge in [0, 0.05) is 11.3 Å². The van der Waals surface area contributed by atoms with Gasteiger partial charge in [-0.15, -0.1) is 0 Å². The topological polar surface area (TPSA) is 33.3 Å². The monoisotopic (exact) mass is 534 g/mol. The lowest BCUT2D eigenvalue weighted by Crippen LogP contribution is -2.33. The third kappa shape index (κ3) is 5.96. The molecule has 0 saturated heterocycles. The minimum atomic E-state index is -4.98. The zero-order valence-corrected chi connectivity index (χ0v) is 20.1. The van der Waals surface area contributed by atoms with Crippen LogP contribution in [0.4, 0.5) is 32.0 Å². The summed E-state index contributed by atoms with van der Waals surface area (Å²) in [5, 5.41) is 7.14. The Bertz CT molecular complexity index is 1390. The lowest BCUT2D eigenvalue weighted by atomic mass is 9.93. The first-order valence-corrected chi connectivity index (χ1v) is 11.4. The quantitative estimate of drug-likeness (QED) is 0.201. The summed E-state index contributed by atoms with van der Waals surface area (Å²) in [6, 6.07) is 20.9. The Hall–Kier alpha value is -3.79. The van der Waals surface area contributed by atoms with Gasteiger partial charge in [-0.3, -0.25) is 0 Å². The molecule has 0 heterocycles. The second kappa shape index (κ2) is 10.3. The van der Waals surface area contributed by atoms with Crippen LogP contribution in [0.2, 0.25) is 0 Å². The van der Waals surface area contributed by atoms with Gasteiger partial charge in [-0.2, -0.15) is 26.3 Å². The molecule has 0 aliphatic carbocycles. The summed E-state index contributed by atoms with van der Waals surface area (Å²) in [5.74, 6) is 0.529. The molecule has 0 aliphatic heterocycles. The minimum absolute atomic E-state index is 0.0649. The van der Waals surface area contributed by atoms with E-state index in [-0.39, 0.29) is 11.2 Å². The van der Waals surface area contributed by atoms with Crippen molar-refractivity contribution in [1.29, 1.82) is 0 Å². The van der Waals surface area contributed by atoms with Gasteiger partial charge in [0.05, 0.1) is 24.3 Å². The molecule has 1 atom stereocenters. The summed E-state index contributed by atoms with van der Waals surface area (Å²) in [6.45, 7) is 0. The minimum Gasteiger partial charge on any atom is -0.496 e. The molecule has 0 fully saturated rings. The molecule has 192 valence electrons. The average molecular weight is 535 g/mol. The van der Waals surface area contributed by atoms with E-state index < -0.39 is 35.2 Å². The standard InChI is InChI=1S/C27H20F6N2OS/c1-36-22-12-11-16-7-5-6-10-21(16)23(22)24(17-8-3-2-4-9-17)35-25(37)34-20-14-18(26(28,29)30)13-19(15-20)27(31,32)33/h2-15,24H,1H3,(H2,34,35,37)/t24-/m1/s1. The molecule has 0 amide bonds. The number of ether oxygens (including phenoxy) is 1. The molecular weight excluding hydrogens is 514 g/mol. The van der Waals surface area contributed by atoms with Crippen molar-refractivity contribution in [3.05, 3.63) is 107 Å². The number of methoxy groups -OCH3 is 1. The van der Waals surface area contributed by atoms with E-state index in [1.807, 2.05) is 48.5 Å². The number of benzene rings is 4. The maximum absolute atomic E-state index is 13.3. The Morgan fingerprint density at radius 1 is 0.784 bits per heavy atom. The van der Waals surface area contributed by atoms with Crippen LogP contribution in [-0.2, 0) is 12.4 Å². The van der Waals surface area contributed by atoms with E-state index >= 15 is 0 Å². The predicted octanol–water partition coefficient (Wildman–Crippen LogP) is 7.96. The van der Waals surface area contributed by atoms with Gasteiger partial charge in [0.15, 0.2) is 5.11 Å². The van der Waals surface area contributed by atoms with E-state index in [4.69, 9.17) is 17.0 Å². The highest BCUT2D eigenvalue weighted by Crippen LogP contribution is 2.39. The van der Waals surface area contributed by atoms with Crippen molar-refractivity contribution in [2.75, 3.05) is 12.4 Å². The molecule has 0 saturated carbocycles. The van der Waals surface area contributed by atoms with Crippen molar-refractivity contribution in [3.8, 4) is 5.75 Å². The summed E-state index contributed by atoms with van der Waals surface area (Å²) in [4.78, 5) is 0. The van der Waals surface area contributed by atoms with Crippen LogP contribution in [0.15, 0.2) is 84.9 Å². The molecule has 0 unspecified atom stereocenters. The SMILES string of the molecule is COc1ccc2ccccc2c1[C@H](NC(=S)Nc1cc(C(F)(F)F)cc(C(F)(F)F)c1)c1ccccc1. The molecule has 4 aromatic carbocycles. The van der Waals surface area contributed by atoms with E-state index in [1.165, 1.54) is 7.11 Å². The highest BCUT2D eigenvalue weighted by molar-refractivity contribution is 7.80. The van der Waals surface area contributed by atoms with Crippen LogP contribution >= 0.6 is 12.2 Å². The number of halogens is 6. The van der Waals surface area contributed by atoms with Crippen LogP contribution in [-0.4, -0.2) is 12.2 Å². The number of nitrogens with one attached hydrogen (secondary N) is 2. The van der Waals surface area contributed by atoms with Crippen LogP contribution in [0.5, 0.6) is 5.75 Å². The van der Waals surface area contributed by atoms with E-state index in [0.717, 1.165) is 16.3 Å². The van der Waals surface area contributed by atoms with E-state index in [0.29, 0.717) is 23.4 Å². The number of thiocarbonyl (C=S) groups is 1. The Morgan fingerprint density at radius 3 is 1.97 bits per heavy atom. The van der Waals surface area contributed by atoms with Gasteiger partial charge < -0.3 is 15.4 Å². The molecule has 4 rings (SSSR count). The van der Waals surface area contributed by atoms with Gasteiger partial charge in [0.25, 0.3) is 0 Å². The first-order chi connectivity index (χ1) is 17.5. The largest absolute Gasteiger partial charge is 0.496 e. The second-order valence-corrected chi connectivity index (χ2v) is 8.55. The molecule has 3 nitrogen and oxygen atoms in total. The molecule has 37 heavy (non-hydrogen) atoms. The molecule has 10 heteroatoms. The summed E-state index contributed by atoms with van der Waals surface area (Å²) < 4.78 is 85.4. The molecule has 0 radical (unpaired) electrons. The Morgan fingerprint density at radius 2 is 1.38 bits per heavy atom. The van der Waals surface area contributed by atoms with Crippen LogP contribution in [0.1, 0.15) is 28.3 Å². The Balaban J connectivity index is 1.75. The highest BCUT2D eigenvalue weighted by Gasteiger charge is 2.37.